The van der Waals surface area contributed by atoms with Crippen LogP contribution in [0.4, 0.5) is 15.8 Å². The number of amides is 1. The molecule has 7 nitrogen and oxygen atoms in total. The Kier molecular flexibility index (Phi) is 4.81. The first-order chi connectivity index (χ1) is 14.9. The van der Waals surface area contributed by atoms with Gasteiger partial charge in [-0.15, -0.1) is 0 Å². The maximum Gasteiger partial charge on any atom is 0.262 e. The van der Waals surface area contributed by atoms with Crippen molar-refractivity contribution in [1.29, 1.82) is 0 Å². The number of fused-ring (bicyclic) bond motifs is 3. The summed E-state index contributed by atoms with van der Waals surface area (Å²) in [4.78, 5) is 16.5. The molecule has 0 radical (unpaired) electrons. The smallest absolute Gasteiger partial charge is 0.262 e. The predicted molar refractivity (Wildman–Crippen MR) is 119 cm³/mol. The molecule has 0 aromatic heterocycles. The van der Waals surface area contributed by atoms with Crippen molar-refractivity contribution in [2.75, 3.05) is 29.5 Å². The molecule has 3 atom stereocenters. The van der Waals surface area contributed by atoms with Crippen LogP contribution in [0.1, 0.15) is 20.8 Å². The van der Waals surface area contributed by atoms with E-state index in [0.29, 0.717) is 23.2 Å². The summed E-state index contributed by atoms with van der Waals surface area (Å²) in [6.07, 6.45) is 0. The number of amidine groups is 1. The van der Waals surface area contributed by atoms with Crippen LogP contribution in [0.25, 0.3) is 11.1 Å². The molecule has 3 heterocycles. The second-order valence-corrected chi connectivity index (χ2v) is 8.47. The number of carbonyl (C=O) groups excluding carboxylic acids is 1. The van der Waals surface area contributed by atoms with E-state index in [2.05, 4.69) is 34.6 Å². The predicted octanol–water partition coefficient (Wildman–Crippen LogP) is 2.71. The number of ether oxygens (including phenoxy) is 1. The molecule has 1 amide bonds. The average Bonchev–Trinajstić information content (AvgIpc) is 2.77. The summed E-state index contributed by atoms with van der Waals surface area (Å²) in [6.45, 7) is 8.02. The van der Waals surface area contributed by atoms with E-state index in [1.54, 1.807) is 12.1 Å². The van der Waals surface area contributed by atoms with Crippen molar-refractivity contribution in [3.8, 4) is 16.9 Å². The lowest BCUT2D eigenvalue weighted by molar-refractivity contribution is -0.122. The number of hydrogen-bond acceptors (Lipinski definition) is 6. The number of piperazine rings is 1. The first-order valence-corrected chi connectivity index (χ1v) is 10.7. The topological polar surface area (TPSA) is 69.2 Å². The van der Waals surface area contributed by atoms with Gasteiger partial charge in [0.2, 0.25) is 0 Å². The zero-order valence-corrected chi connectivity index (χ0v) is 17.9. The fraction of sp³-hybridized carbons (Fsp3) is 0.391. The average molecular weight is 423 g/mol. The number of halogens is 1. The first kappa shape index (κ1) is 19.8. The minimum Gasteiger partial charge on any atom is -0.483 e. The van der Waals surface area contributed by atoms with E-state index in [0.717, 1.165) is 30.0 Å². The van der Waals surface area contributed by atoms with Crippen molar-refractivity contribution in [3.05, 3.63) is 42.2 Å². The first-order valence-electron chi connectivity index (χ1n) is 10.7. The zero-order chi connectivity index (χ0) is 21.7. The number of anilines is 2. The number of rotatable bonds is 2. The van der Waals surface area contributed by atoms with Gasteiger partial charge < -0.3 is 19.9 Å². The highest BCUT2D eigenvalue weighted by Crippen LogP contribution is 2.45. The third-order valence-corrected chi connectivity index (χ3v) is 6.27. The van der Waals surface area contributed by atoms with E-state index < -0.39 is 6.04 Å². The molecule has 162 valence electrons. The van der Waals surface area contributed by atoms with Crippen LogP contribution >= 0.6 is 0 Å². The number of hydrazone groups is 1. The summed E-state index contributed by atoms with van der Waals surface area (Å²) in [5.41, 5.74) is 5.58. The molecular formula is C23H26FN5O2. The molecule has 1 fully saturated rings. The molecule has 3 aliphatic heterocycles. The van der Waals surface area contributed by atoms with Gasteiger partial charge in [0, 0.05) is 42.0 Å². The minimum absolute atomic E-state index is 0.166. The Hall–Kier alpha value is -3.13. The molecule has 8 heteroatoms. The normalized spacial score (nSPS) is 25.2. The van der Waals surface area contributed by atoms with Crippen LogP contribution in [0.3, 0.4) is 0 Å². The Morgan fingerprint density at radius 1 is 1.13 bits per heavy atom. The van der Waals surface area contributed by atoms with Crippen molar-refractivity contribution in [2.45, 2.75) is 38.9 Å². The number of benzene rings is 2. The fourth-order valence-electron chi connectivity index (χ4n) is 4.55. The van der Waals surface area contributed by atoms with Crippen LogP contribution in [0, 0.1) is 5.82 Å². The SMILES string of the molecule is CC1CN(c2cc3c(cc2-c2ccccc2F)OCC2=NNC(=O)C(C)N23)C(C)CN1. The minimum atomic E-state index is -0.415. The van der Waals surface area contributed by atoms with Gasteiger partial charge in [0.25, 0.3) is 5.91 Å². The van der Waals surface area contributed by atoms with Gasteiger partial charge in [0.05, 0.1) is 5.69 Å². The van der Waals surface area contributed by atoms with Crippen molar-refractivity contribution in [1.82, 2.24) is 10.7 Å². The second-order valence-electron chi connectivity index (χ2n) is 8.47. The lowest BCUT2D eigenvalue weighted by Gasteiger charge is -2.42. The fourth-order valence-corrected chi connectivity index (χ4v) is 4.55. The van der Waals surface area contributed by atoms with Gasteiger partial charge in [-0.2, -0.15) is 5.10 Å². The Labute approximate surface area is 180 Å². The Balaban J connectivity index is 1.71. The van der Waals surface area contributed by atoms with Crippen molar-refractivity contribution >= 4 is 23.1 Å². The number of nitrogens with one attached hydrogen (secondary N) is 2. The van der Waals surface area contributed by atoms with Gasteiger partial charge in [-0.25, -0.2) is 9.82 Å². The molecule has 0 bridgehead atoms. The van der Waals surface area contributed by atoms with Crippen LogP contribution < -0.4 is 25.3 Å². The Morgan fingerprint density at radius 3 is 2.74 bits per heavy atom. The van der Waals surface area contributed by atoms with E-state index in [1.165, 1.54) is 6.07 Å². The van der Waals surface area contributed by atoms with Crippen LogP contribution in [0.2, 0.25) is 0 Å². The number of carbonyl (C=O) groups is 1. The Bertz CT molecular complexity index is 1070. The lowest BCUT2D eigenvalue weighted by atomic mass is 9.97. The summed E-state index contributed by atoms with van der Waals surface area (Å²) >= 11 is 0. The van der Waals surface area contributed by atoms with Crippen LogP contribution in [-0.4, -0.2) is 49.6 Å². The number of nitrogens with zero attached hydrogens (tertiary/aromatic N) is 3. The van der Waals surface area contributed by atoms with Gasteiger partial charge in [-0.05, 0) is 39.0 Å². The van der Waals surface area contributed by atoms with E-state index in [1.807, 2.05) is 30.0 Å². The van der Waals surface area contributed by atoms with Gasteiger partial charge in [-0.1, -0.05) is 18.2 Å². The second kappa shape index (κ2) is 7.53. The molecule has 1 saturated heterocycles. The molecule has 2 aromatic rings. The van der Waals surface area contributed by atoms with E-state index in [9.17, 15) is 9.18 Å². The van der Waals surface area contributed by atoms with E-state index >= 15 is 0 Å². The molecule has 3 unspecified atom stereocenters. The number of hydrogen-bond donors (Lipinski definition) is 2. The van der Waals surface area contributed by atoms with Crippen molar-refractivity contribution in [2.24, 2.45) is 5.10 Å². The monoisotopic (exact) mass is 423 g/mol. The standard InChI is InChI=1S/C23H26FN5O2/c1-13-11-28(14(2)10-25-13)19-9-20-21(8-17(19)16-6-4-5-7-18(16)24)31-12-22-26-27-23(30)15(3)29(20)22/h4-9,13-15,25H,10-12H2,1-3H3,(H,27,30). The Morgan fingerprint density at radius 2 is 1.94 bits per heavy atom. The summed E-state index contributed by atoms with van der Waals surface area (Å²) in [5.74, 6) is 0.841. The molecule has 2 aromatic carbocycles. The molecule has 0 aliphatic carbocycles. The highest BCUT2D eigenvalue weighted by molar-refractivity contribution is 6.10. The van der Waals surface area contributed by atoms with Crippen LogP contribution in [-0.2, 0) is 4.79 Å². The van der Waals surface area contributed by atoms with Gasteiger partial charge in [0.15, 0.2) is 5.84 Å². The molecule has 3 aliphatic rings. The third-order valence-electron chi connectivity index (χ3n) is 6.27. The van der Waals surface area contributed by atoms with Crippen LogP contribution in [0.15, 0.2) is 41.5 Å². The summed E-state index contributed by atoms with van der Waals surface area (Å²) < 4.78 is 20.8. The highest BCUT2D eigenvalue weighted by atomic mass is 19.1. The summed E-state index contributed by atoms with van der Waals surface area (Å²) in [7, 11) is 0. The van der Waals surface area contributed by atoms with Crippen molar-refractivity contribution in [3.63, 3.8) is 0 Å². The maximum absolute atomic E-state index is 14.9. The quantitative estimate of drug-likeness (QED) is 0.778. The van der Waals surface area contributed by atoms with E-state index in [4.69, 9.17) is 4.74 Å². The van der Waals surface area contributed by atoms with Crippen molar-refractivity contribution < 1.29 is 13.9 Å². The summed E-state index contributed by atoms with van der Waals surface area (Å²) in [6, 6.07) is 10.8. The highest BCUT2D eigenvalue weighted by Gasteiger charge is 2.37. The largest absolute Gasteiger partial charge is 0.483 e. The molecular weight excluding hydrogens is 397 g/mol. The van der Waals surface area contributed by atoms with Gasteiger partial charge in [0.1, 0.15) is 24.2 Å². The lowest BCUT2D eigenvalue weighted by Crippen LogP contribution is -2.56. The van der Waals surface area contributed by atoms with Gasteiger partial charge >= 0.3 is 0 Å². The van der Waals surface area contributed by atoms with Crippen LogP contribution in [0.5, 0.6) is 5.75 Å². The third kappa shape index (κ3) is 3.31. The molecule has 2 N–H and O–H groups in total. The molecule has 0 saturated carbocycles. The zero-order valence-electron chi connectivity index (χ0n) is 17.9. The summed E-state index contributed by atoms with van der Waals surface area (Å²) in [5, 5.41) is 7.68. The molecule has 0 spiro atoms. The molecule has 5 rings (SSSR count). The van der Waals surface area contributed by atoms with Gasteiger partial charge in [-0.3, -0.25) is 4.79 Å². The van der Waals surface area contributed by atoms with E-state index in [-0.39, 0.29) is 24.4 Å². The maximum atomic E-state index is 14.9. The molecule has 31 heavy (non-hydrogen) atoms.